The normalized spacial score (nSPS) is 10.4. The third-order valence-electron chi connectivity index (χ3n) is 1.42. The van der Waals surface area contributed by atoms with E-state index in [0.29, 0.717) is 19.1 Å². The van der Waals surface area contributed by atoms with Gasteiger partial charge in [0, 0.05) is 12.3 Å². The first-order chi connectivity index (χ1) is 6.29. The average Bonchev–Trinajstić information content (AvgIpc) is 2.14. The van der Waals surface area contributed by atoms with Crippen molar-refractivity contribution in [3.63, 3.8) is 0 Å². The van der Waals surface area contributed by atoms with Gasteiger partial charge in [-0.1, -0.05) is 6.07 Å². The number of pyridine rings is 1. The van der Waals surface area contributed by atoms with E-state index in [9.17, 15) is 0 Å². The highest BCUT2D eigenvalue weighted by Crippen LogP contribution is 2.02. The summed E-state index contributed by atoms with van der Waals surface area (Å²) in [6.45, 7) is 5.16. The van der Waals surface area contributed by atoms with Crippen LogP contribution in [0.15, 0.2) is 24.4 Å². The Morgan fingerprint density at radius 3 is 2.77 bits per heavy atom. The summed E-state index contributed by atoms with van der Waals surface area (Å²) in [5.41, 5.74) is 0. The number of aromatic nitrogens is 1. The highest BCUT2D eigenvalue weighted by Gasteiger charge is 1.94. The summed E-state index contributed by atoms with van der Waals surface area (Å²) in [6.07, 6.45) is 1.96. The van der Waals surface area contributed by atoms with Gasteiger partial charge in [0.25, 0.3) is 0 Å². The molecule has 0 N–H and O–H groups in total. The molecule has 3 nitrogen and oxygen atoms in total. The van der Waals surface area contributed by atoms with Gasteiger partial charge in [-0.2, -0.15) is 0 Å². The molecule has 1 aromatic rings. The minimum absolute atomic E-state index is 0.257. The quantitative estimate of drug-likeness (QED) is 0.650. The van der Waals surface area contributed by atoms with Crippen molar-refractivity contribution in [1.82, 2.24) is 4.98 Å². The number of ether oxygens (including phenoxy) is 2. The van der Waals surface area contributed by atoms with Crippen molar-refractivity contribution in [2.24, 2.45) is 0 Å². The van der Waals surface area contributed by atoms with E-state index in [4.69, 9.17) is 9.47 Å². The van der Waals surface area contributed by atoms with Crippen LogP contribution in [0.1, 0.15) is 13.8 Å². The fourth-order valence-corrected chi connectivity index (χ4v) is 0.863. The van der Waals surface area contributed by atoms with Gasteiger partial charge in [-0.15, -0.1) is 0 Å². The van der Waals surface area contributed by atoms with Crippen molar-refractivity contribution in [3.05, 3.63) is 24.4 Å². The van der Waals surface area contributed by atoms with Crippen LogP contribution in [0.3, 0.4) is 0 Å². The number of rotatable bonds is 5. The van der Waals surface area contributed by atoms with Crippen molar-refractivity contribution in [2.75, 3.05) is 13.2 Å². The Kier molecular flexibility index (Phi) is 4.26. The summed E-state index contributed by atoms with van der Waals surface area (Å²) in [7, 11) is 0. The van der Waals surface area contributed by atoms with Crippen LogP contribution in [0.5, 0.6) is 5.88 Å². The molecule has 0 spiro atoms. The molecule has 0 saturated heterocycles. The maximum absolute atomic E-state index is 5.32. The third-order valence-corrected chi connectivity index (χ3v) is 1.42. The van der Waals surface area contributed by atoms with Crippen molar-refractivity contribution in [2.45, 2.75) is 20.0 Å². The number of nitrogens with zero attached hydrogens (tertiary/aromatic N) is 1. The molecule has 0 unspecified atom stereocenters. The van der Waals surface area contributed by atoms with Crippen LogP contribution in [0, 0.1) is 0 Å². The third kappa shape index (κ3) is 4.48. The second kappa shape index (κ2) is 5.54. The Morgan fingerprint density at radius 2 is 2.15 bits per heavy atom. The predicted octanol–water partition coefficient (Wildman–Crippen LogP) is 1.89. The first-order valence-corrected chi connectivity index (χ1v) is 4.44. The Bertz CT molecular complexity index is 224. The van der Waals surface area contributed by atoms with Crippen LogP contribution in [0.4, 0.5) is 0 Å². The zero-order valence-electron chi connectivity index (χ0n) is 8.06. The van der Waals surface area contributed by atoms with Crippen molar-refractivity contribution >= 4 is 0 Å². The Balaban J connectivity index is 2.13. The van der Waals surface area contributed by atoms with Crippen LogP contribution in [-0.4, -0.2) is 24.3 Å². The minimum atomic E-state index is 0.257. The van der Waals surface area contributed by atoms with Crippen LogP contribution in [0.2, 0.25) is 0 Å². The molecule has 0 aliphatic rings. The van der Waals surface area contributed by atoms with E-state index >= 15 is 0 Å². The van der Waals surface area contributed by atoms with Gasteiger partial charge in [-0.05, 0) is 19.9 Å². The topological polar surface area (TPSA) is 31.4 Å². The molecule has 72 valence electrons. The van der Waals surface area contributed by atoms with Gasteiger partial charge >= 0.3 is 0 Å². The summed E-state index contributed by atoms with van der Waals surface area (Å²) in [5.74, 6) is 0.648. The van der Waals surface area contributed by atoms with Crippen molar-refractivity contribution < 1.29 is 9.47 Å². The Hall–Kier alpha value is -1.09. The molecule has 0 radical (unpaired) electrons. The predicted molar refractivity (Wildman–Crippen MR) is 50.8 cm³/mol. The zero-order chi connectivity index (χ0) is 9.52. The molecule has 3 heteroatoms. The molecule has 13 heavy (non-hydrogen) atoms. The van der Waals surface area contributed by atoms with Gasteiger partial charge in [0.15, 0.2) is 0 Å². The standard InChI is InChI=1S/C10H15NO2/c1-9(2)12-7-8-13-10-5-3-4-6-11-10/h3-6,9H,7-8H2,1-2H3. The van der Waals surface area contributed by atoms with E-state index in [0.717, 1.165) is 0 Å². The monoisotopic (exact) mass is 181 g/mol. The van der Waals surface area contributed by atoms with Crippen LogP contribution in [-0.2, 0) is 4.74 Å². The number of hydrogen-bond acceptors (Lipinski definition) is 3. The lowest BCUT2D eigenvalue weighted by Crippen LogP contribution is -2.11. The molecule has 0 fully saturated rings. The fraction of sp³-hybridized carbons (Fsp3) is 0.500. The summed E-state index contributed by atoms with van der Waals surface area (Å²) in [6, 6.07) is 5.58. The van der Waals surface area contributed by atoms with Gasteiger partial charge in [0.1, 0.15) is 6.61 Å². The Labute approximate surface area is 78.7 Å². The van der Waals surface area contributed by atoms with E-state index in [1.54, 1.807) is 6.20 Å². The largest absolute Gasteiger partial charge is 0.475 e. The molecule has 0 saturated carbocycles. The molecular formula is C10H15NO2. The van der Waals surface area contributed by atoms with Gasteiger partial charge in [0.2, 0.25) is 5.88 Å². The maximum Gasteiger partial charge on any atom is 0.213 e. The minimum Gasteiger partial charge on any atom is -0.475 e. The van der Waals surface area contributed by atoms with E-state index in [-0.39, 0.29) is 6.10 Å². The van der Waals surface area contributed by atoms with Gasteiger partial charge in [-0.3, -0.25) is 0 Å². The van der Waals surface area contributed by atoms with E-state index in [2.05, 4.69) is 4.98 Å². The molecular weight excluding hydrogens is 166 g/mol. The molecule has 0 aliphatic carbocycles. The zero-order valence-corrected chi connectivity index (χ0v) is 8.06. The van der Waals surface area contributed by atoms with E-state index in [1.807, 2.05) is 32.0 Å². The number of hydrogen-bond donors (Lipinski definition) is 0. The van der Waals surface area contributed by atoms with Crippen LogP contribution in [0.25, 0.3) is 0 Å². The molecule has 0 atom stereocenters. The molecule has 1 heterocycles. The molecule has 1 rings (SSSR count). The van der Waals surface area contributed by atoms with Crippen molar-refractivity contribution in [1.29, 1.82) is 0 Å². The lowest BCUT2D eigenvalue weighted by molar-refractivity contribution is 0.0542. The average molecular weight is 181 g/mol. The molecule has 0 aliphatic heterocycles. The second-order valence-electron chi connectivity index (χ2n) is 2.94. The second-order valence-corrected chi connectivity index (χ2v) is 2.94. The lowest BCUT2D eigenvalue weighted by atomic mass is 10.5. The maximum atomic E-state index is 5.32. The van der Waals surface area contributed by atoms with Crippen LogP contribution < -0.4 is 4.74 Å². The summed E-state index contributed by atoms with van der Waals surface area (Å²) >= 11 is 0. The highest BCUT2D eigenvalue weighted by molar-refractivity contribution is 5.08. The summed E-state index contributed by atoms with van der Waals surface area (Å²) in [5, 5.41) is 0. The van der Waals surface area contributed by atoms with Crippen molar-refractivity contribution in [3.8, 4) is 5.88 Å². The highest BCUT2D eigenvalue weighted by atomic mass is 16.5. The van der Waals surface area contributed by atoms with Gasteiger partial charge in [0.05, 0.1) is 12.7 Å². The van der Waals surface area contributed by atoms with Gasteiger partial charge < -0.3 is 9.47 Å². The fourth-order valence-electron chi connectivity index (χ4n) is 0.863. The SMILES string of the molecule is CC(C)OCCOc1ccccn1. The lowest BCUT2D eigenvalue weighted by Gasteiger charge is -2.07. The summed E-state index contributed by atoms with van der Waals surface area (Å²) < 4.78 is 10.6. The molecule has 0 amide bonds. The molecule has 1 aromatic heterocycles. The summed E-state index contributed by atoms with van der Waals surface area (Å²) in [4.78, 5) is 4.02. The van der Waals surface area contributed by atoms with E-state index < -0.39 is 0 Å². The molecule has 0 aromatic carbocycles. The van der Waals surface area contributed by atoms with E-state index in [1.165, 1.54) is 0 Å². The Morgan fingerprint density at radius 1 is 1.31 bits per heavy atom. The molecule has 0 bridgehead atoms. The van der Waals surface area contributed by atoms with Crippen LogP contribution >= 0.6 is 0 Å². The van der Waals surface area contributed by atoms with Gasteiger partial charge in [-0.25, -0.2) is 4.98 Å². The first kappa shape index (κ1) is 9.99. The first-order valence-electron chi connectivity index (χ1n) is 4.44. The smallest absolute Gasteiger partial charge is 0.213 e.